The van der Waals surface area contributed by atoms with Crippen molar-refractivity contribution in [2.45, 2.75) is 12.6 Å². The molecular formula is C11H15N3O3. The summed E-state index contributed by atoms with van der Waals surface area (Å²) in [4.78, 5) is 17.3. The number of pyridine rings is 1. The summed E-state index contributed by atoms with van der Waals surface area (Å²) >= 11 is 0. The van der Waals surface area contributed by atoms with Gasteiger partial charge in [-0.1, -0.05) is 6.07 Å². The van der Waals surface area contributed by atoms with Crippen LogP contribution in [0.1, 0.15) is 5.56 Å². The molecule has 92 valence electrons. The lowest BCUT2D eigenvalue weighted by molar-refractivity contribution is -0.121. The van der Waals surface area contributed by atoms with E-state index >= 15 is 0 Å². The number of primary amides is 1. The van der Waals surface area contributed by atoms with Gasteiger partial charge >= 0.3 is 0 Å². The van der Waals surface area contributed by atoms with Gasteiger partial charge in [0.2, 0.25) is 5.91 Å². The van der Waals surface area contributed by atoms with E-state index in [9.17, 15) is 9.90 Å². The van der Waals surface area contributed by atoms with Crippen molar-refractivity contribution in [3.8, 4) is 0 Å². The number of morpholine rings is 1. The highest BCUT2D eigenvalue weighted by Gasteiger charge is 2.29. The van der Waals surface area contributed by atoms with Crippen LogP contribution in [0, 0.1) is 0 Å². The lowest BCUT2D eigenvalue weighted by atomic mass is 10.1. The van der Waals surface area contributed by atoms with Crippen molar-refractivity contribution in [1.82, 2.24) is 4.98 Å². The summed E-state index contributed by atoms with van der Waals surface area (Å²) in [5.41, 5.74) is 6.02. The molecule has 6 nitrogen and oxygen atoms in total. The molecule has 0 aliphatic carbocycles. The number of carbonyl (C=O) groups excluding carboxylic acids is 1. The Hall–Kier alpha value is -1.66. The van der Waals surface area contributed by atoms with Crippen LogP contribution in [0.3, 0.4) is 0 Å². The molecule has 6 heteroatoms. The van der Waals surface area contributed by atoms with E-state index in [2.05, 4.69) is 4.98 Å². The maximum Gasteiger partial charge on any atom is 0.242 e. The number of rotatable bonds is 3. The summed E-state index contributed by atoms with van der Waals surface area (Å²) in [6, 6.07) is 2.99. The Morgan fingerprint density at radius 2 is 2.53 bits per heavy atom. The number of aliphatic hydroxyl groups excluding tert-OH is 1. The van der Waals surface area contributed by atoms with Crippen molar-refractivity contribution in [3.05, 3.63) is 23.9 Å². The number of aliphatic hydroxyl groups is 1. The fourth-order valence-electron chi connectivity index (χ4n) is 1.91. The van der Waals surface area contributed by atoms with E-state index < -0.39 is 11.9 Å². The molecule has 1 fully saturated rings. The summed E-state index contributed by atoms with van der Waals surface area (Å²) in [5, 5.41) is 9.26. The molecule has 0 radical (unpaired) electrons. The van der Waals surface area contributed by atoms with Gasteiger partial charge < -0.3 is 20.5 Å². The zero-order chi connectivity index (χ0) is 12.3. The summed E-state index contributed by atoms with van der Waals surface area (Å²) in [6.07, 6.45) is 1.63. The Balaban J connectivity index is 2.32. The van der Waals surface area contributed by atoms with Crippen molar-refractivity contribution in [3.63, 3.8) is 0 Å². The van der Waals surface area contributed by atoms with Gasteiger partial charge in [0.25, 0.3) is 0 Å². The van der Waals surface area contributed by atoms with Gasteiger partial charge in [0.1, 0.15) is 11.9 Å². The minimum Gasteiger partial charge on any atom is -0.392 e. The highest BCUT2D eigenvalue weighted by Crippen LogP contribution is 2.21. The average Bonchev–Trinajstić information content (AvgIpc) is 2.38. The number of nitrogens with zero attached hydrogens (tertiary/aromatic N) is 2. The van der Waals surface area contributed by atoms with E-state index in [-0.39, 0.29) is 13.2 Å². The number of hydrogen-bond acceptors (Lipinski definition) is 5. The summed E-state index contributed by atoms with van der Waals surface area (Å²) in [6.45, 7) is 1.20. The number of anilines is 1. The smallest absolute Gasteiger partial charge is 0.242 e. The number of amides is 1. The Morgan fingerprint density at radius 3 is 3.24 bits per heavy atom. The highest BCUT2D eigenvalue weighted by molar-refractivity contribution is 5.84. The predicted molar refractivity (Wildman–Crippen MR) is 61.3 cm³/mol. The van der Waals surface area contributed by atoms with E-state index in [0.717, 1.165) is 0 Å². The third kappa shape index (κ3) is 2.37. The largest absolute Gasteiger partial charge is 0.392 e. The maximum absolute atomic E-state index is 11.3. The fraction of sp³-hybridized carbons (Fsp3) is 0.455. The molecule has 17 heavy (non-hydrogen) atoms. The van der Waals surface area contributed by atoms with E-state index in [1.807, 2.05) is 0 Å². The molecule has 1 aliphatic rings. The quantitative estimate of drug-likeness (QED) is 0.723. The van der Waals surface area contributed by atoms with Gasteiger partial charge in [0, 0.05) is 18.3 Å². The first-order valence-corrected chi connectivity index (χ1v) is 5.42. The molecule has 1 unspecified atom stereocenters. The Kier molecular flexibility index (Phi) is 3.55. The van der Waals surface area contributed by atoms with Gasteiger partial charge in [0.15, 0.2) is 0 Å². The molecule has 2 rings (SSSR count). The predicted octanol–water partition coefficient (Wildman–Crippen LogP) is -0.736. The van der Waals surface area contributed by atoms with Crippen LogP contribution in [-0.2, 0) is 16.1 Å². The number of carbonyl (C=O) groups is 1. The van der Waals surface area contributed by atoms with Crippen LogP contribution in [0.2, 0.25) is 0 Å². The molecular weight excluding hydrogens is 222 g/mol. The van der Waals surface area contributed by atoms with E-state index in [0.29, 0.717) is 24.5 Å². The second kappa shape index (κ2) is 5.11. The zero-order valence-electron chi connectivity index (χ0n) is 9.37. The van der Waals surface area contributed by atoms with Gasteiger partial charge in [-0.2, -0.15) is 0 Å². The first-order valence-electron chi connectivity index (χ1n) is 5.42. The van der Waals surface area contributed by atoms with E-state index in [4.69, 9.17) is 10.5 Å². The lowest BCUT2D eigenvalue weighted by Crippen LogP contribution is -2.53. The summed E-state index contributed by atoms with van der Waals surface area (Å²) in [5.74, 6) is 0.154. The molecule has 0 saturated carbocycles. The number of nitrogens with two attached hydrogens (primary N) is 1. The van der Waals surface area contributed by atoms with Gasteiger partial charge in [-0.05, 0) is 6.07 Å². The zero-order valence-corrected chi connectivity index (χ0v) is 9.37. The standard InChI is InChI=1S/C11H15N3O3/c12-10(16)9-7-17-5-4-14(9)11-8(6-15)2-1-3-13-11/h1-3,9,15H,4-7H2,(H2,12,16). The molecule has 1 aromatic rings. The Bertz CT molecular complexity index is 411. The van der Waals surface area contributed by atoms with E-state index in [1.54, 1.807) is 23.2 Å². The molecule has 0 spiro atoms. The monoisotopic (exact) mass is 237 g/mol. The van der Waals surface area contributed by atoms with Crippen LogP contribution in [-0.4, -0.2) is 41.8 Å². The van der Waals surface area contributed by atoms with Crippen molar-refractivity contribution >= 4 is 11.7 Å². The first kappa shape index (κ1) is 11.8. The van der Waals surface area contributed by atoms with Crippen LogP contribution in [0.5, 0.6) is 0 Å². The second-order valence-corrected chi connectivity index (χ2v) is 3.83. The van der Waals surface area contributed by atoms with Gasteiger partial charge in [-0.3, -0.25) is 4.79 Å². The van der Waals surface area contributed by atoms with Crippen LogP contribution >= 0.6 is 0 Å². The van der Waals surface area contributed by atoms with Crippen molar-refractivity contribution in [2.24, 2.45) is 5.73 Å². The molecule has 1 aliphatic heterocycles. The Morgan fingerprint density at radius 1 is 1.71 bits per heavy atom. The molecule has 1 saturated heterocycles. The first-order chi connectivity index (χ1) is 8.24. The topological polar surface area (TPSA) is 88.7 Å². The second-order valence-electron chi connectivity index (χ2n) is 3.83. The minimum absolute atomic E-state index is 0.119. The van der Waals surface area contributed by atoms with Gasteiger partial charge in [-0.15, -0.1) is 0 Å². The number of ether oxygens (including phenoxy) is 1. The van der Waals surface area contributed by atoms with Gasteiger partial charge in [-0.25, -0.2) is 4.98 Å². The highest BCUT2D eigenvalue weighted by atomic mass is 16.5. The molecule has 1 atom stereocenters. The van der Waals surface area contributed by atoms with Crippen molar-refractivity contribution in [1.29, 1.82) is 0 Å². The van der Waals surface area contributed by atoms with Gasteiger partial charge in [0.05, 0.1) is 19.8 Å². The maximum atomic E-state index is 11.3. The third-order valence-corrected chi connectivity index (χ3v) is 2.77. The Labute approximate surface area is 99.0 Å². The summed E-state index contributed by atoms with van der Waals surface area (Å²) in [7, 11) is 0. The SMILES string of the molecule is NC(=O)C1COCCN1c1ncccc1CO. The molecule has 3 N–H and O–H groups in total. The fourth-order valence-corrected chi connectivity index (χ4v) is 1.91. The number of aromatic nitrogens is 1. The molecule has 1 aromatic heterocycles. The molecule has 2 heterocycles. The molecule has 0 bridgehead atoms. The van der Waals surface area contributed by atoms with Crippen LogP contribution in [0.15, 0.2) is 18.3 Å². The van der Waals surface area contributed by atoms with E-state index in [1.165, 1.54) is 0 Å². The van der Waals surface area contributed by atoms with Crippen molar-refractivity contribution < 1.29 is 14.6 Å². The number of hydrogen-bond donors (Lipinski definition) is 2. The van der Waals surface area contributed by atoms with Crippen LogP contribution in [0.4, 0.5) is 5.82 Å². The normalized spacial score (nSPS) is 20.3. The average molecular weight is 237 g/mol. The molecule has 0 aromatic carbocycles. The lowest BCUT2D eigenvalue weighted by Gasteiger charge is -2.35. The molecule has 1 amide bonds. The third-order valence-electron chi connectivity index (χ3n) is 2.77. The summed E-state index contributed by atoms with van der Waals surface area (Å²) < 4.78 is 5.24. The minimum atomic E-state index is -0.524. The van der Waals surface area contributed by atoms with Crippen molar-refractivity contribution in [2.75, 3.05) is 24.7 Å². The van der Waals surface area contributed by atoms with Crippen LogP contribution in [0.25, 0.3) is 0 Å². The van der Waals surface area contributed by atoms with Crippen LogP contribution < -0.4 is 10.6 Å².